The number of rotatable bonds is 6. The van der Waals surface area contributed by atoms with E-state index >= 15 is 0 Å². The van der Waals surface area contributed by atoms with E-state index in [9.17, 15) is 13.2 Å². The third kappa shape index (κ3) is 3.81. The number of fused-ring (bicyclic) bond motifs is 2. The van der Waals surface area contributed by atoms with Gasteiger partial charge in [0.05, 0.1) is 30.8 Å². The van der Waals surface area contributed by atoms with E-state index < -0.39 is 16.0 Å². The molecule has 172 valence electrons. The fourth-order valence-electron chi connectivity index (χ4n) is 3.63. The highest BCUT2D eigenvalue weighted by Gasteiger charge is 2.26. The van der Waals surface area contributed by atoms with Crippen LogP contribution in [0, 0.1) is 0 Å². The van der Waals surface area contributed by atoms with E-state index in [2.05, 4.69) is 21.9 Å². The van der Waals surface area contributed by atoms with E-state index in [0.29, 0.717) is 28.1 Å². The molecule has 2 aromatic carbocycles. The van der Waals surface area contributed by atoms with Gasteiger partial charge >= 0.3 is 5.97 Å². The van der Waals surface area contributed by atoms with Crippen LogP contribution in [0.4, 0.5) is 0 Å². The predicted octanol–water partition coefficient (Wildman–Crippen LogP) is 3.39. The molecule has 0 aliphatic carbocycles. The molecule has 0 amide bonds. The number of nitrogens with zero attached hydrogens (tertiary/aromatic N) is 3. The van der Waals surface area contributed by atoms with Gasteiger partial charge in [0, 0.05) is 19.5 Å². The van der Waals surface area contributed by atoms with E-state index in [0.717, 1.165) is 21.7 Å². The number of aryl methyl sites for hydroxylation is 1. The molecule has 4 aromatic rings. The normalized spacial score (nSPS) is 11.9. The molecule has 1 N–H and O–H groups in total. The van der Waals surface area contributed by atoms with Gasteiger partial charge in [0.1, 0.15) is 16.1 Å². The van der Waals surface area contributed by atoms with E-state index in [1.807, 2.05) is 18.2 Å². The molecular formula is C23H24N4O5S. The Labute approximate surface area is 191 Å². The van der Waals surface area contributed by atoms with E-state index in [4.69, 9.17) is 9.47 Å². The molecule has 0 unspecified atom stereocenters. The minimum Gasteiger partial charge on any atom is -0.493 e. The number of nitrogens with one attached hydrogen (secondary N) is 1. The number of carbonyl (C=O) groups is 1. The van der Waals surface area contributed by atoms with Crippen molar-refractivity contribution in [3.05, 3.63) is 47.5 Å². The summed E-state index contributed by atoms with van der Waals surface area (Å²) in [7, 11) is 1.82. The molecule has 2 aromatic heterocycles. The second-order valence-corrected chi connectivity index (χ2v) is 9.74. The van der Waals surface area contributed by atoms with Gasteiger partial charge in [-0.2, -0.15) is 0 Å². The Morgan fingerprint density at radius 1 is 1.09 bits per heavy atom. The Hall–Kier alpha value is -3.50. The standard InChI is InChI=1S/C23H24N4O5S/c1-6-13-7-8-16-14(11-13)12-15(23(28)32-5)19(24-16)22-25-17-9-10-18(33(29,30)27(2)3)21(31-4)20(17)26-22/h7-12H,6H2,1-5H3,(H,25,26). The first kappa shape index (κ1) is 22.7. The maximum absolute atomic E-state index is 12.7. The fourth-order valence-corrected chi connectivity index (χ4v) is 4.68. The highest BCUT2D eigenvalue weighted by molar-refractivity contribution is 7.89. The lowest BCUT2D eigenvalue weighted by atomic mass is 10.1. The summed E-state index contributed by atoms with van der Waals surface area (Å²) in [6.07, 6.45) is 0.854. The van der Waals surface area contributed by atoms with Crippen LogP contribution < -0.4 is 4.74 Å². The predicted molar refractivity (Wildman–Crippen MR) is 125 cm³/mol. The zero-order chi connectivity index (χ0) is 23.9. The van der Waals surface area contributed by atoms with Gasteiger partial charge in [-0.15, -0.1) is 0 Å². The van der Waals surface area contributed by atoms with Crippen molar-refractivity contribution in [2.24, 2.45) is 0 Å². The summed E-state index contributed by atoms with van der Waals surface area (Å²) in [5, 5.41) is 0.812. The van der Waals surface area contributed by atoms with Gasteiger partial charge in [-0.25, -0.2) is 27.5 Å². The SMILES string of the molecule is CCc1ccc2nc(-c3nc4c(OC)c(S(=O)(=O)N(C)C)ccc4[nH]3)c(C(=O)OC)cc2c1. The molecule has 0 radical (unpaired) electrons. The third-order valence-corrected chi connectivity index (χ3v) is 7.29. The first-order valence-corrected chi connectivity index (χ1v) is 11.7. The number of H-pyrrole nitrogens is 1. The van der Waals surface area contributed by atoms with Crippen molar-refractivity contribution in [3.63, 3.8) is 0 Å². The molecule has 0 spiro atoms. The van der Waals surface area contributed by atoms with E-state index in [1.165, 1.54) is 34.4 Å². The van der Waals surface area contributed by atoms with Crippen LogP contribution in [-0.2, 0) is 21.2 Å². The molecule has 0 bridgehead atoms. The smallest absolute Gasteiger partial charge is 0.340 e. The molecule has 0 aliphatic rings. The lowest BCUT2D eigenvalue weighted by Crippen LogP contribution is -2.22. The maximum atomic E-state index is 12.7. The maximum Gasteiger partial charge on any atom is 0.340 e. The zero-order valence-electron chi connectivity index (χ0n) is 19.0. The van der Waals surface area contributed by atoms with E-state index in [-0.39, 0.29) is 16.2 Å². The second kappa shape index (κ2) is 8.45. The summed E-state index contributed by atoms with van der Waals surface area (Å²) in [6, 6.07) is 10.7. The largest absolute Gasteiger partial charge is 0.493 e. The topological polar surface area (TPSA) is 114 Å². The van der Waals surface area contributed by atoms with Crippen LogP contribution in [0.25, 0.3) is 33.5 Å². The van der Waals surface area contributed by atoms with Gasteiger partial charge in [0.2, 0.25) is 10.0 Å². The van der Waals surface area contributed by atoms with Crippen LogP contribution in [0.3, 0.4) is 0 Å². The fraction of sp³-hybridized carbons (Fsp3) is 0.261. The van der Waals surface area contributed by atoms with Crippen LogP contribution in [-0.4, -0.2) is 62.0 Å². The van der Waals surface area contributed by atoms with Crippen LogP contribution in [0.15, 0.2) is 41.3 Å². The first-order chi connectivity index (χ1) is 15.7. The third-order valence-electron chi connectivity index (χ3n) is 5.45. The number of ether oxygens (including phenoxy) is 2. The summed E-state index contributed by atoms with van der Waals surface area (Å²) >= 11 is 0. The first-order valence-electron chi connectivity index (χ1n) is 10.2. The molecule has 10 heteroatoms. The van der Waals surface area contributed by atoms with Gasteiger partial charge < -0.3 is 14.5 Å². The van der Waals surface area contributed by atoms with Gasteiger partial charge in [-0.3, -0.25) is 0 Å². The lowest BCUT2D eigenvalue weighted by Gasteiger charge is -2.14. The number of aromatic nitrogens is 3. The summed E-state index contributed by atoms with van der Waals surface area (Å²) in [5.41, 5.74) is 3.22. The molecular weight excluding hydrogens is 444 g/mol. The number of benzene rings is 2. The number of sulfonamides is 1. The zero-order valence-corrected chi connectivity index (χ0v) is 19.8. The highest BCUT2D eigenvalue weighted by atomic mass is 32.2. The molecule has 0 aliphatic heterocycles. The van der Waals surface area contributed by atoms with Gasteiger partial charge in [0.15, 0.2) is 11.6 Å². The lowest BCUT2D eigenvalue weighted by molar-refractivity contribution is 0.0601. The second-order valence-electron chi connectivity index (χ2n) is 7.62. The van der Waals surface area contributed by atoms with Crippen LogP contribution in [0.5, 0.6) is 5.75 Å². The number of pyridine rings is 1. The minimum absolute atomic E-state index is 0.00712. The molecule has 0 saturated carbocycles. The van der Waals surface area contributed by atoms with Crippen molar-refractivity contribution in [2.75, 3.05) is 28.3 Å². The number of aromatic amines is 1. The van der Waals surface area contributed by atoms with Crippen LogP contribution in [0.1, 0.15) is 22.8 Å². The van der Waals surface area contributed by atoms with Crippen molar-refractivity contribution >= 4 is 37.9 Å². The average Bonchev–Trinajstić information content (AvgIpc) is 3.25. The molecule has 0 saturated heterocycles. The number of methoxy groups -OCH3 is 2. The quantitative estimate of drug-likeness (QED) is 0.431. The van der Waals surface area contributed by atoms with Crippen molar-refractivity contribution < 1.29 is 22.7 Å². The number of esters is 1. The monoisotopic (exact) mass is 468 g/mol. The number of carbonyl (C=O) groups excluding carboxylic acids is 1. The molecule has 0 fully saturated rings. The Balaban J connectivity index is 1.98. The van der Waals surface area contributed by atoms with Crippen molar-refractivity contribution in [1.82, 2.24) is 19.3 Å². The molecule has 2 heterocycles. The summed E-state index contributed by atoms with van der Waals surface area (Å²) in [5.74, 6) is -0.147. The van der Waals surface area contributed by atoms with Crippen LogP contribution >= 0.6 is 0 Å². The average molecular weight is 469 g/mol. The van der Waals surface area contributed by atoms with E-state index in [1.54, 1.807) is 12.1 Å². The van der Waals surface area contributed by atoms with Gasteiger partial charge in [0.25, 0.3) is 0 Å². The Kier molecular flexibility index (Phi) is 5.81. The Morgan fingerprint density at radius 2 is 1.85 bits per heavy atom. The summed E-state index contributed by atoms with van der Waals surface area (Å²) < 4.78 is 37.0. The number of imidazole rings is 1. The molecule has 9 nitrogen and oxygen atoms in total. The minimum atomic E-state index is -3.76. The number of hydrogen-bond donors (Lipinski definition) is 1. The highest BCUT2D eigenvalue weighted by Crippen LogP contribution is 2.35. The van der Waals surface area contributed by atoms with Crippen molar-refractivity contribution in [1.29, 1.82) is 0 Å². The molecule has 0 atom stereocenters. The van der Waals surface area contributed by atoms with Gasteiger partial charge in [-0.1, -0.05) is 13.0 Å². The molecule has 33 heavy (non-hydrogen) atoms. The van der Waals surface area contributed by atoms with Crippen LogP contribution in [0.2, 0.25) is 0 Å². The Bertz CT molecular complexity index is 1490. The summed E-state index contributed by atoms with van der Waals surface area (Å²) in [4.78, 5) is 25.0. The number of hydrogen-bond acceptors (Lipinski definition) is 7. The summed E-state index contributed by atoms with van der Waals surface area (Å²) in [6.45, 7) is 2.05. The van der Waals surface area contributed by atoms with Crippen molar-refractivity contribution in [3.8, 4) is 17.3 Å². The molecule has 4 rings (SSSR count). The van der Waals surface area contributed by atoms with Crippen molar-refractivity contribution in [2.45, 2.75) is 18.2 Å². The van der Waals surface area contributed by atoms with Gasteiger partial charge in [-0.05, 0) is 42.3 Å². The Morgan fingerprint density at radius 3 is 2.48 bits per heavy atom.